The molecule has 0 aliphatic carbocycles. The van der Waals surface area contributed by atoms with E-state index in [0.717, 1.165) is 21.6 Å². The van der Waals surface area contributed by atoms with Gasteiger partial charge in [-0.2, -0.15) is 0 Å². The number of thiazole rings is 1. The van der Waals surface area contributed by atoms with Gasteiger partial charge in [-0.3, -0.25) is 4.79 Å². The predicted octanol–water partition coefficient (Wildman–Crippen LogP) is 2.46. The minimum atomic E-state index is 0.00236. The molecule has 20 heavy (non-hydrogen) atoms. The smallest absolute Gasteiger partial charge is 0.267 e. The summed E-state index contributed by atoms with van der Waals surface area (Å²) in [6, 6.07) is 17.6. The number of benzene rings is 2. The van der Waals surface area contributed by atoms with Crippen molar-refractivity contribution in [3.8, 4) is 0 Å². The van der Waals surface area contributed by atoms with E-state index in [2.05, 4.69) is 4.98 Å². The monoisotopic (exact) mass is 278 g/mol. The van der Waals surface area contributed by atoms with Crippen molar-refractivity contribution >= 4 is 33.4 Å². The zero-order chi connectivity index (χ0) is 13.5. The highest BCUT2D eigenvalue weighted by Gasteiger charge is 2.09. The first-order valence-corrected chi connectivity index (χ1v) is 7.11. The van der Waals surface area contributed by atoms with Gasteiger partial charge in [0.25, 0.3) is 5.56 Å². The third-order valence-electron chi connectivity index (χ3n) is 3.24. The van der Waals surface area contributed by atoms with E-state index >= 15 is 0 Å². The van der Waals surface area contributed by atoms with Crippen molar-refractivity contribution in [1.29, 1.82) is 0 Å². The molecule has 0 bridgehead atoms. The summed E-state index contributed by atoms with van der Waals surface area (Å²) in [5, 5.41) is 0. The molecule has 0 unspecified atom stereocenters. The summed E-state index contributed by atoms with van der Waals surface area (Å²) in [6.07, 6.45) is 1.91. The molecule has 0 atom stereocenters. The van der Waals surface area contributed by atoms with Gasteiger partial charge in [0.15, 0.2) is 4.96 Å². The second-order valence-electron chi connectivity index (χ2n) is 4.54. The quantitative estimate of drug-likeness (QED) is 0.536. The van der Waals surface area contributed by atoms with E-state index in [-0.39, 0.29) is 5.56 Å². The molecule has 0 N–H and O–H groups in total. The standard InChI is InChI=1S/C16H10N2OS/c19-15-14(10-11-6-2-1-3-7-11)20-16-17-12-8-4-5-9-13(12)18(15)16/h1-10H/b14-10+. The molecule has 0 aliphatic rings. The fourth-order valence-corrected chi connectivity index (χ4v) is 3.30. The molecule has 0 spiro atoms. The lowest BCUT2D eigenvalue weighted by Gasteiger charge is -1.88. The van der Waals surface area contributed by atoms with Gasteiger partial charge in [0.05, 0.1) is 15.6 Å². The minimum Gasteiger partial charge on any atom is -0.267 e. The molecular formula is C16H10N2OS. The van der Waals surface area contributed by atoms with Crippen molar-refractivity contribution in [3.63, 3.8) is 0 Å². The molecule has 2 aromatic carbocycles. The lowest BCUT2D eigenvalue weighted by molar-refractivity contribution is 1.19. The second-order valence-corrected chi connectivity index (χ2v) is 5.55. The third-order valence-corrected chi connectivity index (χ3v) is 4.21. The first-order chi connectivity index (χ1) is 9.83. The van der Waals surface area contributed by atoms with Crippen LogP contribution >= 0.6 is 11.3 Å². The zero-order valence-electron chi connectivity index (χ0n) is 10.5. The number of nitrogens with zero attached hydrogens (tertiary/aromatic N) is 2. The topological polar surface area (TPSA) is 34.4 Å². The van der Waals surface area contributed by atoms with Crippen LogP contribution in [0.15, 0.2) is 59.4 Å². The number of rotatable bonds is 1. The van der Waals surface area contributed by atoms with Crippen LogP contribution in [0.4, 0.5) is 0 Å². The Morgan fingerprint density at radius 3 is 2.60 bits per heavy atom. The third kappa shape index (κ3) is 1.66. The highest BCUT2D eigenvalue weighted by molar-refractivity contribution is 7.15. The highest BCUT2D eigenvalue weighted by Crippen LogP contribution is 2.15. The summed E-state index contributed by atoms with van der Waals surface area (Å²) < 4.78 is 2.40. The Hall–Kier alpha value is -2.46. The van der Waals surface area contributed by atoms with Gasteiger partial charge in [-0.25, -0.2) is 9.38 Å². The Balaban J connectivity index is 2.06. The predicted molar refractivity (Wildman–Crippen MR) is 82.1 cm³/mol. The molecule has 0 amide bonds. The van der Waals surface area contributed by atoms with Crippen LogP contribution in [0.3, 0.4) is 0 Å². The van der Waals surface area contributed by atoms with Crippen LogP contribution in [0.5, 0.6) is 0 Å². The zero-order valence-corrected chi connectivity index (χ0v) is 11.3. The average Bonchev–Trinajstić information content (AvgIpc) is 2.98. The van der Waals surface area contributed by atoms with Gasteiger partial charge in [-0.15, -0.1) is 0 Å². The van der Waals surface area contributed by atoms with Gasteiger partial charge in [-0.1, -0.05) is 53.8 Å². The van der Waals surface area contributed by atoms with E-state index < -0.39 is 0 Å². The van der Waals surface area contributed by atoms with Crippen molar-refractivity contribution in [2.24, 2.45) is 0 Å². The highest BCUT2D eigenvalue weighted by atomic mass is 32.1. The van der Waals surface area contributed by atoms with Gasteiger partial charge in [-0.05, 0) is 23.8 Å². The van der Waals surface area contributed by atoms with Crippen LogP contribution in [0, 0.1) is 0 Å². The summed E-state index contributed by atoms with van der Waals surface area (Å²) in [4.78, 5) is 17.8. The maximum atomic E-state index is 12.5. The summed E-state index contributed by atoms with van der Waals surface area (Å²) in [5.41, 5.74) is 2.76. The number of fused-ring (bicyclic) bond motifs is 3. The van der Waals surface area contributed by atoms with Crippen molar-refractivity contribution < 1.29 is 0 Å². The summed E-state index contributed by atoms with van der Waals surface area (Å²) in [7, 11) is 0. The first kappa shape index (κ1) is 11.4. The maximum absolute atomic E-state index is 12.5. The molecule has 4 aromatic rings. The van der Waals surface area contributed by atoms with E-state index in [4.69, 9.17) is 0 Å². The summed E-state index contributed by atoms with van der Waals surface area (Å²) in [6.45, 7) is 0. The Morgan fingerprint density at radius 1 is 1.00 bits per heavy atom. The van der Waals surface area contributed by atoms with Crippen LogP contribution in [0.2, 0.25) is 0 Å². The second kappa shape index (κ2) is 4.28. The Labute approximate surface area is 118 Å². The fraction of sp³-hybridized carbons (Fsp3) is 0. The SMILES string of the molecule is O=c1/c(=C\c2ccccc2)sc2nc3ccccc3n12. The molecular weight excluding hydrogens is 268 g/mol. The van der Waals surface area contributed by atoms with Crippen molar-refractivity contribution in [2.75, 3.05) is 0 Å². The van der Waals surface area contributed by atoms with E-state index in [1.54, 1.807) is 4.40 Å². The van der Waals surface area contributed by atoms with Crippen molar-refractivity contribution in [2.45, 2.75) is 0 Å². The van der Waals surface area contributed by atoms with Gasteiger partial charge in [0, 0.05) is 0 Å². The molecule has 0 saturated heterocycles. The molecule has 0 aliphatic heterocycles. The van der Waals surface area contributed by atoms with Gasteiger partial charge < -0.3 is 0 Å². The van der Waals surface area contributed by atoms with E-state index in [9.17, 15) is 4.79 Å². The van der Waals surface area contributed by atoms with Gasteiger partial charge in [0.2, 0.25) is 0 Å². The number of imidazole rings is 1. The number of hydrogen-bond donors (Lipinski definition) is 0. The molecule has 3 nitrogen and oxygen atoms in total. The molecule has 2 heterocycles. The maximum Gasteiger partial charge on any atom is 0.274 e. The lowest BCUT2D eigenvalue weighted by atomic mass is 10.2. The normalized spacial score (nSPS) is 12.5. The summed E-state index contributed by atoms with van der Waals surface area (Å²) in [5.74, 6) is 0. The van der Waals surface area contributed by atoms with Gasteiger partial charge in [0.1, 0.15) is 0 Å². The van der Waals surface area contributed by atoms with Gasteiger partial charge >= 0.3 is 0 Å². The lowest BCUT2D eigenvalue weighted by Crippen LogP contribution is -2.22. The molecule has 2 aromatic heterocycles. The van der Waals surface area contributed by atoms with Crippen LogP contribution < -0.4 is 10.1 Å². The van der Waals surface area contributed by atoms with Crippen LogP contribution in [-0.4, -0.2) is 9.38 Å². The van der Waals surface area contributed by atoms with Crippen molar-refractivity contribution in [1.82, 2.24) is 9.38 Å². The molecule has 0 saturated carbocycles. The van der Waals surface area contributed by atoms with Crippen LogP contribution in [-0.2, 0) is 0 Å². The summed E-state index contributed by atoms with van der Waals surface area (Å²) >= 11 is 1.43. The van der Waals surface area contributed by atoms with E-state index in [0.29, 0.717) is 4.53 Å². The Kier molecular flexibility index (Phi) is 2.44. The molecule has 0 radical (unpaired) electrons. The van der Waals surface area contributed by atoms with E-state index in [1.165, 1.54) is 11.3 Å². The minimum absolute atomic E-state index is 0.00236. The average molecular weight is 278 g/mol. The first-order valence-electron chi connectivity index (χ1n) is 6.30. The molecule has 96 valence electrons. The molecule has 4 heteroatoms. The van der Waals surface area contributed by atoms with Crippen molar-refractivity contribution in [3.05, 3.63) is 75.0 Å². The number of para-hydroxylation sites is 2. The fourth-order valence-electron chi connectivity index (χ4n) is 2.31. The number of aromatic nitrogens is 2. The Morgan fingerprint density at radius 2 is 1.75 bits per heavy atom. The van der Waals surface area contributed by atoms with Crippen LogP contribution in [0.25, 0.3) is 22.1 Å². The van der Waals surface area contributed by atoms with E-state index in [1.807, 2.05) is 60.7 Å². The largest absolute Gasteiger partial charge is 0.274 e. The molecule has 0 fully saturated rings. The van der Waals surface area contributed by atoms with Crippen LogP contribution in [0.1, 0.15) is 5.56 Å². The Bertz CT molecular complexity index is 1020. The molecule has 4 rings (SSSR count). The number of hydrogen-bond acceptors (Lipinski definition) is 3.